The van der Waals surface area contributed by atoms with Crippen molar-refractivity contribution >= 4 is 23.2 Å². The first-order valence-electron chi connectivity index (χ1n) is 5.12. The van der Waals surface area contributed by atoms with Crippen molar-refractivity contribution in [3.05, 3.63) is 29.0 Å². The van der Waals surface area contributed by atoms with E-state index in [1.807, 2.05) is 0 Å². The Morgan fingerprint density at radius 1 is 1.59 bits per heavy atom. The molecule has 0 aromatic heterocycles. The zero-order valence-electron chi connectivity index (χ0n) is 9.00. The van der Waals surface area contributed by atoms with Crippen molar-refractivity contribution in [3.8, 4) is 0 Å². The number of carbonyl (C=O) groups excluding carboxylic acids is 1. The van der Waals surface area contributed by atoms with Crippen LogP contribution in [0, 0.1) is 11.2 Å². The van der Waals surface area contributed by atoms with Crippen molar-refractivity contribution in [2.24, 2.45) is 11.1 Å². The molecule has 0 unspecified atom stereocenters. The van der Waals surface area contributed by atoms with E-state index in [1.165, 1.54) is 18.2 Å². The Labute approximate surface area is 103 Å². The number of nitrogens with one attached hydrogen (secondary N) is 1. The number of anilines is 1. The van der Waals surface area contributed by atoms with E-state index in [9.17, 15) is 9.18 Å². The highest BCUT2D eigenvalue weighted by Crippen LogP contribution is 2.29. The molecule has 0 atom stereocenters. The molecular formula is C11H12ClFN2O2. The number of rotatable bonds is 3. The SMILES string of the molecule is NCC1(C(=O)Nc2cc(Cl)ccc2F)COC1. The lowest BCUT2D eigenvalue weighted by atomic mass is 9.85. The van der Waals surface area contributed by atoms with Gasteiger partial charge < -0.3 is 15.8 Å². The summed E-state index contributed by atoms with van der Waals surface area (Å²) in [6.45, 7) is 0.691. The van der Waals surface area contributed by atoms with Gasteiger partial charge >= 0.3 is 0 Å². The summed E-state index contributed by atoms with van der Waals surface area (Å²) in [4.78, 5) is 11.9. The third-order valence-electron chi connectivity index (χ3n) is 2.81. The van der Waals surface area contributed by atoms with Crippen LogP contribution in [0.15, 0.2) is 18.2 Å². The van der Waals surface area contributed by atoms with E-state index in [1.54, 1.807) is 0 Å². The van der Waals surface area contributed by atoms with Crippen LogP contribution < -0.4 is 11.1 Å². The monoisotopic (exact) mass is 258 g/mol. The van der Waals surface area contributed by atoms with Crippen LogP contribution in [0.2, 0.25) is 5.02 Å². The molecule has 1 aromatic carbocycles. The minimum absolute atomic E-state index is 0.0576. The van der Waals surface area contributed by atoms with Gasteiger partial charge in [-0.25, -0.2) is 4.39 Å². The third kappa shape index (κ3) is 2.26. The fourth-order valence-corrected chi connectivity index (χ4v) is 1.71. The zero-order valence-corrected chi connectivity index (χ0v) is 9.76. The molecule has 0 saturated carbocycles. The molecular weight excluding hydrogens is 247 g/mol. The number of amides is 1. The summed E-state index contributed by atoms with van der Waals surface area (Å²) in [7, 11) is 0. The van der Waals surface area contributed by atoms with Crippen LogP contribution in [0.25, 0.3) is 0 Å². The van der Waals surface area contributed by atoms with Crippen molar-refractivity contribution in [3.63, 3.8) is 0 Å². The lowest BCUT2D eigenvalue weighted by Crippen LogP contribution is -2.56. The second-order valence-electron chi connectivity index (χ2n) is 4.06. The largest absolute Gasteiger partial charge is 0.379 e. The van der Waals surface area contributed by atoms with Gasteiger partial charge in [-0.1, -0.05) is 11.6 Å². The predicted molar refractivity (Wildman–Crippen MR) is 62.3 cm³/mol. The maximum atomic E-state index is 13.4. The van der Waals surface area contributed by atoms with E-state index in [-0.39, 0.29) is 31.4 Å². The van der Waals surface area contributed by atoms with E-state index in [4.69, 9.17) is 22.1 Å². The summed E-state index contributed by atoms with van der Waals surface area (Å²) in [5.41, 5.74) is 4.85. The first-order chi connectivity index (χ1) is 8.07. The van der Waals surface area contributed by atoms with Crippen molar-refractivity contribution in [1.29, 1.82) is 0 Å². The van der Waals surface area contributed by atoms with Gasteiger partial charge in [0.2, 0.25) is 5.91 Å². The Kier molecular flexibility index (Phi) is 3.33. The normalized spacial score (nSPS) is 17.4. The van der Waals surface area contributed by atoms with Gasteiger partial charge in [0.25, 0.3) is 0 Å². The molecule has 0 spiro atoms. The number of halogens is 2. The van der Waals surface area contributed by atoms with Gasteiger partial charge in [0.05, 0.1) is 18.9 Å². The molecule has 1 aromatic rings. The summed E-state index contributed by atoms with van der Waals surface area (Å²) in [5.74, 6) is -0.873. The summed E-state index contributed by atoms with van der Waals surface area (Å²) in [6.07, 6.45) is 0. The van der Waals surface area contributed by atoms with Gasteiger partial charge in [0.15, 0.2) is 0 Å². The molecule has 3 N–H and O–H groups in total. The Morgan fingerprint density at radius 3 is 2.82 bits per heavy atom. The molecule has 0 aliphatic carbocycles. The van der Waals surface area contributed by atoms with Crippen LogP contribution in [0.3, 0.4) is 0 Å². The standard InChI is InChI=1S/C11H12ClFN2O2/c12-7-1-2-8(13)9(3-7)15-10(16)11(4-14)5-17-6-11/h1-3H,4-6,14H2,(H,15,16). The van der Waals surface area contributed by atoms with Crippen LogP contribution in [-0.2, 0) is 9.53 Å². The molecule has 1 aliphatic heterocycles. The van der Waals surface area contributed by atoms with E-state index >= 15 is 0 Å². The maximum absolute atomic E-state index is 13.4. The fourth-order valence-electron chi connectivity index (χ4n) is 1.54. The van der Waals surface area contributed by atoms with Crippen LogP contribution in [-0.4, -0.2) is 25.7 Å². The molecule has 1 amide bonds. The molecule has 2 rings (SSSR count). The first-order valence-corrected chi connectivity index (χ1v) is 5.49. The Balaban J connectivity index is 2.15. The Hall–Kier alpha value is -1.17. The van der Waals surface area contributed by atoms with Crippen molar-refractivity contribution in [1.82, 2.24) is 0 Å². The lowest BCUT2D eigenvalue weighted by Gasteiger charge is -2.38. The predicted octanol–water partition coefficient (Wildman–Crippen LogP) is 1.39. The third-order valence-corrected chi connectivity index (χ3v) is 3.04. The van der Waals surface area contributed by atoms with E-state index < -0.39 is 11.2 Å². The zero-order chi connectivity index (χ0) is 12.5. The molecule has 6 heteroatoms. The fraction of sp³-hybridized carbons (Fsp3) is 0.364. The first kappa shape index (κ1) is 12.3. The number of ether oxygens (including phenoxy) is 1. The van der Waals surface area contributed by atoms with Gasteiger partial charge in [-0.05, 0) is 18.2 Å². The second-order valence-corrected chi connectivity index (χ2v) is 4.49. The minimum atomic E-state index is -0.741. The smallest absolute Gasteiger partial charge is 0.236 e. The molecule has 17 heavy (non-hydrogen) atoms. The van der Waals surface area contributed by atoms with Crippen molar-refractivity contribution < 1.29 is 13.9 Å². The number of carbonyl (C=O) groups is 1. The Morgan fingerprint density at radius 2 is 2.29 bits per heavy atom. The molecule has 92 valence electrons. The highest BCUT2D eigenvalue weighted by atomic mass is 35.5. The molecule has 1 aliphatic rings. The molecule has 0 radical (unpaired) electrons. The average molecular weight is 259 g/mol. The molecule has 1 heterocycles. The van der Waals surface area contributed by atoms with Crippen molar-refractivity contribution in [2.45, 2.75) is 0 Å². The Bertz CT molecular complexity index is 444. The van der Waals surface area contributed by atoms with Crippen LogP contribution in [0.4, 0.5) is 10.1 Å². The van der Waals surface area contributed by atoms with Crippen molar-refractivity contribution in [2.75, 3.05) is 25.1 Å². The highest BCUT2D eigenvalue weighted by Gasteiger charge is 2.44. The lowest BCUT2D eigenvalue weighted by molar-refractivity contribution is -0.153. The van der Waals surface area contributed by atoms with Gasteiger partial charge in [-0.2, -0.15) is 0 Å². The topological polar surface area (TPSA) is 64.4 Å². The van der Waals surface area contributed by atoms with Crippen LogP contribution in [0.1, 0.15) is 0 Å². The number of nitrogens with two attached hydrogens (primary N) is 1. The van der Waals surface area contributed by atoms with Crippen LogP contribution >= 0.6 is 11.6 Å². The van der Waals surface area contributed by atoms with Gasteiger partial charge in [-0.3, -0.25) is 4.79 Å². The maximum Gasteiger partial charge on any atom is 0.236 e. The molecule has 0 bridgehead atoms. The minimum Gasteiger partial charge on any atom is -0.379 e. The molecule has 4 nitrogen and oxygen atoms in total. The number of hydrogen-bond donors (Lipinski definition) is 2. The summed E-state index contributed by atoms with van der Waals surface area (Å²) in [5, 5.41) is 2.84. The van der Waals surface area contributed by atoms with Crippen LogP contribution in [0.5, 0.6) is 0 Å². The average Bonchev–Trinajstić information content (AvgIpc) is 2.23. The number of hydrogen-bond acceptors (Lipinski definition) is 3. The summed E-state index contributed by atoms with van der Waals surface area (Å²) < 4.78 is 18.4. The molecule has 1 fully saturated rings. The van der Waals surface area contributed by atoms with Gasteiger partial charge in [0, 0.05) is 11.6 Å². The quantitative estimate of drug-likeness (QED) is 0.861. The van der Waals surface area contributed by atoms with E-state index in [0.29, 0.717) is 5.02 Å². The van der Waals surface area contributed by atoms with Gasteiger partial charge in [0.1, 0.15) is 11.2 Å². The van der Waals surface area contributed by atoms with Gasteiger partial charge in [-0.15, -0.1) is 0 Å². The second kappa shape index (κ2) is 4.60. The molecule has 1 saturated heterocycles. The summed E-state index contributed by atoms with van der Waals surface area (Å²) >= 11 is 5.73. The number of benzene rings is 1. The van der Waals surface area contributed by atoms with E-state index in [2.05, 4.69) is 5.32 Å². The highest BCUT2D eigenvalue weighted by molar-refractivity contribution is 6.30. The van der Waals surface area contributed by atoms with E-state index in [0.717, 1.165) is 0 Å². The summed E-state index contributed by atoms with van der Waals surface area (Å²) in [6, 6.07) is 3.97.